The zero-order valence-electron chi connectivity index (χ0n) is 12.7. The number of nitrogens with zero attached hydrogens (tertiary/aromatic N) is 1. The monoisotopic (exact) mass is 290 g/mol. The summed E-state index contributed by atoms with van der Waals surface area (Å²) in [6.45, 7) is 6.87. The van der Waals surface area contributed by atoms with Gasteiger partial charge in [0.2, 0.25) is 0 Å². The van der Waals surface area contributed by atoms with Gasteiger partial charge < -0.3 is 4.90 Å². The molecule has 0 spiro atoms. The molecule has 1 aromatic carbocycles. The van der Waals surface area contributed by atoms with Crippen molar-refractivity contribution in [1.82, 2.24) is 10.4 Å². The summed E-state index contributed by atoms with van der Waals surface area (Å²) in [6.07, 6.45) is 0.00656. The van der Waals surface area contributed by atoms with Crippen molar-refractivity contribution >= 4 is 11.8 Å². The fraction of sp³-hybridized carbons (Fsp3) is 0.500. The molecular formula is C16H22N2O3. The summed E-state index contributed by atoms with van der Waals surface area (Å²) in [7, 11) is 0. The molecule has 1 fully saturated rings. The first kappa shape index (κ1) is 15.5. The second kappa shape index (κ2) is 6.72. The molecule has 0 aromatic heterocycles. The number of carbonyl (C=O) groups excluding carboxylic acids is 2. The van der Waals surface area contributed by atoms with E-state index in [1.165, 1.54) is 0 Å². The summed E-state index contributed by atoms with van der Waals surface area (Å²) < 4.78 is 0. The van der Waals surface area contributed by atoms with Crippen LogP contribution in [0.5, 0.6) is 0 Å². The first-order valence-corrected chi connectivity index (χ1v) is 7.30. The highest BCUT2D eigenvalue weighted by Crippen LogP contribution is 2.22. The maximum atomic E-state index is 12.3. The number of hydrogen-bond acceptors (Lipinski definition) is 3. The average molecular weight is 290 g/mol. The Labute approximate surface area is 125 Å². The SMILES string of the molecule is CC(C)CN1C(=O)C(ONC(=O)c2ccccc2)CC1C. The van der Waals surface area contributed by atoms with E-state index in [0.717, 1.165) is 0 Å². The van der Waals surface area contributed by atoms with Gasteiger partial charge in [-0.25, -0.2) is 5.48 Å². The van der Waals surface area contributed by atoms with Crippen LogP contribution in [0.15, 0.2) is 30.3 Å². The van der Waals surface area contributed by atoms with E-state index in [9.17, 15) is 9.59 Å². The Morgan fingerprint density at radius 1 is 1.38 bits per heavy atom. The van der Waals surface area contributed by atoms with Crippen LogP contribution in [-0.4, -0.2) is 35.4 Å². The van der Waals surface area contributed by atoms with E-state index in [-0.39, 0.29) is 17.9 Å². The smallest absolute Gasteiger partial charge is 0.274 e. The Morgan fingerprint density at radius 3 is 2.67 bits per heavy atom. The van der Waals surface area contributed by atoms with Crippen LogP contribution in [0.1, 0.15) is 37.6 Å². The molecular weight excluding hydrogens is 268 g/mol. The van der Waals surface area contributed by atoms with Crippen LogP contribution in [0.2, 0.25) is 0 Å². The lowest BCUT2D eigenvalue weighted by Gasteiger charge is -2.23. The zero-order valence-corrected chi connectivity index (χ0v) is 12.7. The molecule has 2 rings (SSSR count). The quantitative estimate of drug-likeness (QED) is 0.844. The Hall–Kier alpha value is -1.88. The Balaban J connectivity index is 1.89. The second-order valence-electron chi connectivity index (χ2n) is 5.87. The van der Waals surface area contributed by atoms with Crippen LogP contribution in [0, 0.1) is 5.92 Å². The van der Waals surface area contributed by atoms with Gasteiger partial charge in [-0.2, -0.15) is 0 Å². The molecule has 0 aliphatic carbocycles. The van der Waals surface area contributed by atoms with E-state index in [1.54, 1.807) is 24.3 Å². The third kappa shape index (κ3) is 3.82. The third-order valence-corrected chi connectivity index (χ3v) is 3.54. The van der Waals surface area contributed by atoms with Crippen molar-refractivity contribution in [2.75, 3.05) is 6.54 Å². The van der Waals surface area contributed by atoms with Crippen molar-refractivity contribution in [2.45, 2.75) is 39.3 Å². The summed E-state index contributed by atoms with van der Waals surface area (Å²) >= 11 is 0. The molecule has 2 unspecified atom stereocenters. The third-order valence-electron chi connectivity index (χ3n) is 3.54. The normalized spacial score (nSPS) is 21.9. The number of hydroxylamine groups is 1. The number of carbonyl (C=O) groups is 2. The molecule has 5 heteroatoms. The topological polar surface area (TPSA) is 58.6 Å². The largest absolute Gasteiger partial charge is 0.337 e. The molecule has 1 N–H and O–H groups in total. The van der Waals surface area contributed by atoms with Crippen molar-refractivity contribution in [3.63, 3.8) is 0 Å². The van der Waals surface area contributed by atoms with Crippen LogP contribution in [0.4, 0.5) is 0 Å². The van der Waals surface area contributed by atoms with Crippen LogP contribution in [0.3, 0.4) is 0 Å². The molecule has 0 radical (unpaired) electrons. The van der Waals surface area contributed by atoms with Gasteiger partial charge in [-0.15, -0.1) is 0 Å². The van der Waals surface area contributed by atoms with Crippen molar-refractivity contribution in [3.05, 3.63) is 35.9 Å². The molecule has 0 bridgehead atoms. The minimum Gasteiger partial charge on any atom is -0.337 e. The maximum absolute atomic E-state index is 12.3. The van der Waals surface area contributed by atoms with E-state index >= 15 is 0 Å². The molecule has 5 nitrogen and oxygen atoms in total. The van der Waals surface area contributed by atoms with E-state index < -0.39 is 6.10 Å². The van der Waals surface area contributed by atoms with Crippen LogP contribution in [0.25, 0.3) is 0 Å². The van der Waals surface area contributed by atoms with Gasteiger partial charge in [0, 0.05) is 24.6 Å². The van der Waals surface area contributed by atoms with Crippen molar-refractivity contribution < 1.29 is 14.4 Å². The predicted octanol–water partition coefficient (Wildman–Crippen LogP) is 1.99. The van der Waals surface area contributed by atoms with Gasteiger partial charge in [-0.3, -0.25) is 14.4 Å². The highest BCUT2D eigenvalue weighted by Gasteiger charge is 2.38. The summed E-state index contributed by atoms with van der Waals surface area (Å²) in [5, 5.41) is 0. The first-order chi connectivity index (χ1) is 9.99. The molecule has 1 saturated heterocycles. The number of likely N-dealkylation sites (tertiary alicyclic amines) is 1. The molecule has 1 aliphatic heterocycles. The van der Waals surface area contributed by atoms with Crippen molar-refractivity contribution in [2.24, 2.45) is 5.92 Å². The lowest BCUT2D eigenvalue weighted by molar-refractivity contribution is -0.141. The molecule has 1 aliphatic rings. The maximum Gasteiger partial charge on any atom is 0.274 e. The fourth-order valence-electron chi connectivity index (χ4n) is 2.47. The van der Waals surface area contributed by atoms with Gasteiger partial charge in [0.05, 0.1) is 0 Å². The van der Waals surface area contributed by atoms with Gasteiger partial charge in [-0.05, 0) is 25.0 Å². The molecule has 21 heavy (non-hydrogen) atoms. The molecule has 2 atom stereocenters. The Morgan fingerprint density at radius 2 is 2.05 bits per heavy atom. The Kier molecular flexibility index (Phi) is 4.96. The van der Waals surface area contributed by atoms with Crippen LogP contribution in [-0.2, 0) is 9.63 Å². The van der Waals surface area contributed by atoms with Crippen molar-refractivity contribution in [1.29, 1.82) is 0 Å². The van der Waals surface area contributed by atoms with Gasteiger partial charge in [0.25, 0.3) is 11.8 Å². The standard InChI is InChI=1S/C16H22N2O3/c1-11(2)10-18-12(3)9-14(16(18)20)21-17-15(19)13-7-5-4-6-8-13/h4-8,11-12,14H,9-10H2,1-3H3,(H,17,19). The molecule has 0 saturated carbocycles. The highest BCUT2D eigenvalue weighted by molar-refractivity contribution is 5.93. The summed E-state index contributed by atoms with van der Waals surface area (Å²) in [5.41, 5.74) is 2.89. The van der Waals surface area contributed by atoms with E-state index in [4.69, 9.17) is 4.84 Å². The minimum atomic E-state index is -0.591. The summed E-state index contributed by atoms with van der Waals surface area (Å²) in [4.78, 5) is 31.3. The van der Waals surface area contributed by atoms with E-state index in [1.807, 2.05) is 17.9 Å². The van der Waals surface area contributed by atoms with E-state index in [2.05, 4.69) is 19.3 Å². The highest BCUT2D eigenvalue weighted by atomic mass is 16.7. The number of amides is 2. The zero-order chi connectivity index (χ0) is 15.4. The van der Waals surface area contributed by atoms with Gasteiger partial charge in [0.15, 0.2) is 6.10 Å². The fourth-order valence-corrected chi connectivity index (χ4v) is 2.47. The van der Waals surface area contributed by atoms with Gasteiger partial charge in [0.1, 0.15) is 0 Å². The predicted molar refractivity (Wildman–Crippen MR) is 79.4 cm³/mol. The van der Waals surface area contributed by atoms with Crippen LogP contribution < -0.4 is 5.48 Å². The van der Waals surface area contributed by atoms with Crippen molar-refractivity contribution in [3.8, 4) is 0 Å². The van der Waals surface area contributed by atoms with Crippen LogP contribution >= 0.6 is 0 Å². The Bertz CT molecular complexity index is 502. The molecule has 1 aromatic rings. The second-order valence-corrected chi connectivity index (χ2v) is 5.87. The summed E-state index contributed by atoms with van der Waals surface area (Å²) in [6, 6.07) is 8.93. The molecule has 114 valence electrons. The van der Waals surface area contributed by atoms with Gasteiger partial charge in [-0.1, -0.05) is 32.0 Å². The number of benzene rings is 1. The van der Waals surface area contributed by atoms with Gasteiger partial charge >= 0.3 is 0 Å². The first-order valence-electron chi connectivity index (χ1n) is 7.30. The minimum absolute atomic E-state index is 0.0513. The number of hydrogen-bond donors (Lipinski definition) is 1. The average Bonchev–Trinajstić information content (AvgIpc) is 2.73. The number of rotatable bonds is 5. The lowest BCUT2D eigenvalue weighted by Crippen LogP contribution is -2.38. The lowest BCUT2D eigenvalue weighted by atomic mass is 10.2. The van der Waals surface area contributed by atoms with E-state index in [0.29, 0.717) is 24.4 Å². The number of nitrogens with one attached hydrogen (secondary N) is 1. The summed E-state index contributed by atoms with van der Waals surface area (Å²) in [5.74, 6) is 0.0250. The molecule has 1 heterocycles. The molecule has 2 amide bonds.